The molecule has 4 heteroatoms. The fourth-order valence-electron chi connectivity index (χ4n) is 0.863. The van der Waals surface area contributed by atoms with E-state index in [2.05, 4.69) is 16.0 Å². The van der Waals surface area contributed by atoms with Crippen LogP contribution in [0, 0.1) is 11.3 Å². The Morgan fingerprint density at radius 2 is 2.45 bits per heavy atom. The Hall–Kier alpha value is -1.47. The van der Waals surface area contributed by atoms with Crippen LogP contribution in [0.3, 0.4) is 0 Å². The smallest absolute Gasteiger partial charge is 0.116 e. The summed E-state index contributed by atoms with van der Waals surface area (Å²) in [5, 5.41) is 10.4. The molecule has 0 aliphatic carbocycles. The number of rotatable bonds is 0. The lowest BCUT2D eigenvalue weighted by Crippen LogP contribution is -1.76. The first-order valence-corrected chi connectivity index (χ1v) is 3.87. The first-order chi connectivity index (χ1) is 5.42. The quantitative estimate of drug-likeness (QED) is 0.589. The molecule has 0 aromatic carbocycles. The molecule has 0 saturated heterocycles. The lowest BCUT2D eigenvalue weighted by atomic mass is 10.3. The van der Waals surface area contributed by atoms with Crippen molar-refractivity contribution in [3.63, 3.8) is 0 Å². The summed E-state index contributed by atoms with van der Waals surface area (Å²) in [6, 6.07) is 2.07. The summed E-state index contributed by atoms with van der Waals surface area (Å²) in [5.74, 6) is 0. The second-order valence-electron chi connectivity index (χ2n) is 2.00. The molecule has 0 bridgehead atoms. The van der Waals surface area contributed by atoms with Gasteiger partial charge in [-0.2, -0.15) is 5.26 Å². The van der Waals surface area contributed by atoms with Crippen molar-refractivity contribution in [3.05, 3.63) is 23.5 Å². The molecule has 0 atom stereocenters. The normalized spacial score (nSPS) is 9.73. The molecular weight excluding hydrogens is 158 g/mol. The minimum Gasteiger partial charge on any atom is -0.243 e. The number of thiophene rings is 1. The van der Waals surface area contributed by atoms with Crippen molar-refractivity contribution in [1.29, 1.82) is 5.26 Å². The SMILES string of the molecule is N#Cc1csc2cncnc12. The van der Waals surface area contributed by atoms with Crippen LogP contribution in [0.15, 0.2) is 17.9 Å². The zero-order chi connectivity index (χ0) is 7.68. The van der Waals surface area contributed by atoms with E-state index < -0.39 is 0 Å². The Morgan fingerprint density at radius 3 is 3.27 bits per heavy atom. The monoisotopic (exact) mass is 161 g/mol. The van der Waals surface area contributed by atoms with Crippen LogP contribution in [0.25, 0.3) is 10.2 Å². The molecule has 3 nitrogen and oxygen atoms in total. The van der Waals surface area contributed by atoms with Gasteiger partial charge in [-0.15, -0.1) is 11.3 Å². The molecule has 52 valence electrons. The van der Waals surface area contributed by atoms with Gasteiger partial charge in [-0.1, -0.05) is 0 Å². The molecule has 2 aromatic heterocycles. The molecule has 2 heterocycles. The van der Waals surface area contributed by atoms with Crippen LogP contribution in [0.1, 0.15) is 5.56 Å². The van der Waals surface area contributed by atoms with Crippen molar-refractivity contribution in [1.82, 2.24) is 9.97 Å². The standard InChI is InChI=1S/C7H3N3S/c8-1-5-3-11-6-2-9-4-10-7(5)6/h2-4H. The van der Waals surface area contributed by atoms with Crippen LogP contribution >= 0.6 is 11.3 Å². The summed E-state index contributed by atoms with van der Waals surface area (Å²) in [5.41, 5.74) is 1.39. The number of aromatic nitrogens is 2. The number of nitriles is 1. The minimum absolute atomic E-state index is 0.632. The van der Waals surface area contributed by atoms with Gasteiger partial charge >= 0.3 is 0 Å². The maximum atomic E-state index is 8.62. The van der Waals surface area contributed by atoms with Crippen LogP contribution in [0.2, 0.25) is 0 Å². The summed E-state index contributed by atoms with van der Waals surface area (Å²) in [6.07, 6.45) is 3.17. The predicted molar refractivity (Wildman–Crippen MR) is 42.1 cm³/mol. The van der Waals surface area contributed by atoms with Gasteiger partial charge in [0.1, 0.15) is 17.9 Å². The molecule has 0 amide bonds. The van der Waals surface area contributed by atoms with E-state index in [9.17, 15) is 0 Å². The van der Waals surface area contributed by atoms with Crippen LogP contribution in [-0.4, -0.2) is 9.97 Å². The average molecular weight is 161 g/mol. The van der Waals surface area contributed by atoms with Crippen molar-refractivity contribution in [3.8, 4) is 6.07 Å². The molecule has 0 radical (unpaired) electrons. The second kappa shape index (κ2) is 2.29. The van der Waals surface area contributed by atoms with Crippen LogP contribution in [-0.2, 0) is 0 Å². The fraction of sp³-hybridized carbons (Fsp3) is 0. The third-order valence-electron chi connectivity index (χ3n) is 1.36. The van der Waals surface area contributed by atoms with Crippen molar-refractivity contribution in [2.75, 3.05) is 0 Å². The van der Waals surface area contributed by atoms with Crippen molar-refractivity contribution in [2.24, 2.45) is 0 Å². The van der Waals surface area contributed by atoms with Crippen molar-refractivity contribution >= 4 is 21.6 Å². The zero-order valence-corrected chi connectivity index (χ0v) is 6.30. The zero-order valence-electron chi connectivity index (χ0n) is 5.48. The van der Waals surface area contributed by atoms with Crippen molar-refractivity contribution < 1.29 is 0 Å². The summed E-state index contributed by atoms with van der Waals surface area (Å²) < 4.78 is 0.962. The molecule has 0 aliphatic rings. The van der Waals surface area contributed by atoms with Crippen LogP contribution in [0.4, 0.5) is 0 Å². The van der Waals surface area contributed by atoms with Gasteiger partial charge < -0.3 is 0 Å². The third-order valence-corrected chi connectivity index (χ3v) is 2.26. The first kappa shape index (κ1) is 6.25. The Labute approximate surface area is 67.0 Å². The maximum Gasteiger partial charge on any atom is 0.116 e. The maximum absolute atomic E-state index is 8.62. The largest absolute Gasteiger partial charge is 0.243 e. The Balaban J connectivity index is 2.89. The van der Waals surface area contributed by atoms with Gasteiger partial charge in [0, 0.05) is 11.6 Å². The van der Waals surface area contributed by atoms with E-state index in [-0.39, 0.29) is 0 Å². The molecule has 2 aromatic rings. The highest BCUT2D eigenvalue weighted by atomic mass is 32.1. The lowest BCUT2D eigenvalue weighted by molar-refractivity contribution is 1.23. The molecule has 11 heavy (non-hydrogen) atoms. The molecule has 0 fully saturated rings. The van der Waals surface area contributed by atoms with E-state index in [0.717, 1.165) is 10.2 Å². The molecule has 0 N–H and O–H groups in total. The number of hydrogen-bond donors (Lipinski definition) is 0. The highest BCUT2D eigenvalue weighted by molar-refractivity contribution is 7.17. The Kier molecular flexibility index (Phi) is 1.30. The summed E-state index contributed by atoms with van der Waals surface area (Å²) >= 11 is 1.49. The predicted octanol–water partition coefficient (Wildman–Crippen LogP) is 1.56. The van der Waals surface area contributed by atoms with Gasteiger partial charge in [0.2, 0.25) is 0 Å². The number of fused-ring (bicyclic) bond motifs is 1. The molecular formula is C7H3N3S. The van der Waals surface area contributed by atoms with E-state index in [4.69, 9.17) is 5.26 Å². The van der Waals surface area contributed by atoms with Gasteiger partial charge in [0.05, 0.1) is 10.3 Å². The molecule has 0 saturated carbocycles. The third kappa shape index (κ3) is 0.863. The van der Waals surface area contributed by atoms with Gasteiger partial charge in [-0.3, -0.25) is 0 Å². The number of hydrogen-bond acceptors (Lipinski definition) is 4. The first-order valence-electron chi connectivity index (χ1n) is 2.99. The highest BCUT2D eigenvalue weighted by Gasteiger charge is 2.02. The topological polar surface area (TPSA) is 49.6 Å². The molecule has 0 unspecified atom stereocenters. The second-order valence-corrected chi connectivity index (χ2v) is 2.91. The Morgan fingerprint density at radius 1 is 1.55 bits per heavy atom. The summed E-state index contributed by atoms with van der Waals surface area (Å²) in [4.78, 5) is 7.84. The lowest BCUT2D eigenvalue weighted by Gasteiger charge is -1.83. The fourth-order valence-corrected chi connectivity index (χ4v) is 1.67. The van der Waals surface area contributed by atoms with E-state index in [0.29, 0.717) is 5.56 Å². The average Bonchev–Trinajstić information content (AvgIpc) is 2.47. The van der Waals surface area contributed by atoms with Crippen LogP contribution < -0.4 is 0 Å². The van der Waals surface area contributed by atoms with E-state index in [1.54, 1.807) is 11.6 Å². The van der Waals surface area contributed by atoms with E-state index in [1.807, 2.05) is 0 Å². The van der Waals surface area contributed by atoms with Crippen LogP contribution in [0.5, 0.6) is 0 Å². The van der Waals surface area contributed by atoms with Gasteiger partial charge in [0.25, 0.3) is 0 Å². The molecule has 0 aliphatic heterocycles. The van der Waals surface area contributed by atoms with Crippen molar-refractivity contribution in [2.45, 2.75) is 0 Å². The Bertz CT molecular complexity index is 426. The number of nitrogens with zero attached hydrogens (tertiary/aromatic N) is 3. The van der Waals surface area contributed by atoms with E-state index >= 15 is 0 Å². The van der Waals surface area contributed by atoms with Gasteiger partial charge in [-0.25, -0.2) is 9.97 Å². The molecule has 2 rings (SSSR count). The summed E-state index contributed by atoms with van der Waals surface area (Å²) in [6.45, 7) is 0. The minimum atomic E-state index is 0.632. The van der Waals surface area contributed by atoms with E-state index in [1.165, 1.54) is 17.7 Å². The van der Waals surface area contributed by atoms with Gasteiger partial charge in [0.15, 0.2) is 0 Å². The molecule has 0 spiro atoms. The summed E-state index contributed by atoms with van der Waals surface area (Å²) in [7, 11) is 0. The van der Waals surface area contributed by atoms with Gasteiger partial charge in [-0.05, 0) is 0 Å². The highest BCUT2D eigenvalue weighted by Crippen LogP contribution is 2.21.